The molecule has 7 nitrogen and oxygen atoms in total. The van der Waals surface area contributed by atoms with E-state index in [1.165, 1.54) is 6.92 Å². The lowest BCUT2D eigenvalue weighted by Crippen LogP contribution is -2.15. The molecule has 0 aliphatic heterocycles. The Morgan fingerprint density at radius 2 is 1.92 bits per heavy atom. The van der Waals surface area contributed by atoms with Crippen molar-refractivity contribution < 1.29 is 36.3 Å². The normalized spacial score (nSPS) is 11.3. The molecule has 0 fully saturated rings. The van der Waals surface area contributed by atoms with E-state index in [1.54, 1.807) is 0 Å². The highest BCUT2D eigenvalue weighted by Gasteiger charge is 2.29. The number of anilines is 1. The van der Waals surface area contributed by atoms with Gasteiger partial charge in [0.25, 0.3) is 5.88 Å². The number of carbonyl (C=O) groups excluding carboxylic acids is 1. The monoisotopic (exact) mass is 361 g/mol. The zero-order valence-corrected chi connectivity index (χ0v) is 13.4. The van der Waals surface area contributed by atoms with E-state index in [0.717, 1.165) is 25.1 Å². The Morgan fingerprint density at radius 3 is 2.42 bits per heavy atom. The largest absolute Gasteiger partial charge is 0.502 e. The van der Waals surface area contributed by atoms with Crippen molar-refractivity contribution in [3.63, 3.8) is 0 Å². The van der Waals surface area contributed by atoms with Crippen LogP contribution in [-0.4, -0.2) is 25.2 Å². The zero-order valence-electron chi connectivity index (χ0n) is 12.6. The second-order valence-corrected chi connectivity index (χ2v) is 6.64. The molecule has 0 aliphatic carbocycles. The summed E-state index contributed by atoms with van der Waals surface area (Å²) in [7, 11) is -3.87. The number of halogens is 2. The van der Waals surface area contributed by atoms with Gasteiger partial charge in [-0.1, -0.05) is 6.07 Å². The van der Waals surface area contributed by atoms with E-state index in [9.17, 15) is 27.1 Å². The van der Waals surface area contributed by atoms with Gasteiger partial charge in [-0.3, -0.25) is 4.79 Å². The number of esters is 1. The minimum absolute atomic E-state index is 0.350. The number of carbonyl (C=O) groups is 1. The van der Waals surface area contributed by atoms with Gasteiger partial charge in [0, 0.05) is 6.92 Å². The molecule has 0 saturated heterocycles. The van der Waals surface area contributed by atoms with Crippen LogP contribution in [0, 0.1) is 11.6 Å². The molecule has 10 heteroatoms. The van der Waals surface area contributed by atoms with Crippen LogP contribution >= 0.6 is 0 Å². The molecule has 0 aliphatic rings. The molecule has 130 valence electrons. The standard InChI is InChI=1S/C14H13F2NO6S/c1-3-24(20,21)17-14-13(22-7(2)18)11(19)12(23-14)10-8(15)5-4-6-9(10)16/h4-6,17,19H,3H2,1-2H3. The molecule has 1 aromatic carbocycles. The van der Waals surface area contributed by atoms with Crippen molar-refractivity contribution in [1.29, 1.82) is 0 Å². The fourth-order valence-electron chi connectivity index (χ4n) is 1.81. The van der Waals surface area contributed by atoms with Crippen molar-refractivity contribution in [3.05, 3.63) is 29.8 Å². The minimum Gasteiger partial charge on any atom is -0.502 e. The lowest BCUT2D eigenvalue weighted by atomic mass is 10.1. The molecule has 0 saturated carbocycles. The maximum absolute atomic E-state index is 13.9. The third kappa shape index (κ3) is 3.48. The highest BCUT2D eigenvalue weighted by Crippen LogP contribution is 2.47. The molecule has 0 bridgehead atoms. The average molecular weight is 361 g/mol. The molecule has 0 radical (unpaired) electrons. The molecule has 1 heterocycles. The van der Waals surface area contributed by atoms with Gasteiger partial charge in [-0.05, 0) is 19.1 Å². The van der Waals surface area contributed by atoms with Gasteiger partial charge in [0.15, 0.2) is 5.76 Å². The van der Waals surface area contributed by atoms with Gasteiger partial charge in [-0.15, -0.1) is 0 Å². The Labute approximate surface area is 135 Å². The Kier molecular flexibility index (Phi) is 4.78. The maximum atomic E-state index is 13.9. The van der Waals surface area contributed by atoms with E-state index in [0.29, 0.717) is 0 Å². The molecule has 2 aromatic rings. The molecule has 0 unspecified atom stereocenters. The first-order valence-electron chi connectivity index (χ1n) is 6.65. The summed E-state index contributed by atoms with van der Waals surface area (Å²) in [6.45, 7) is 2.32. The molecule has 24 heavy (non-hydrogen) atoms. The summed E-state index contributed by atoms with van der Waals surface area (Å²) in [6, 6.07) is 2.94. The number of hydrogen-bond donors (Lipinski definition) is 2. The fourth-order valence-corrected chi connectivity index (χ4v) is 2.37. The number of sulfonamides is 1. The van der Waals surface area contributed by atoms with E-state index in [1.807, 2.05) is 4.72 Å². The summed E-state index contributed by atoms with van der Waals surface area (Å²) in [6.07, 6.45) is 0. The second-order valence-electron chi connectivity index (χ2n) is 4.63. The van der Waals surface area contributed by atoms with E-state index in [2.05, 4.69) is 0 Å². The topological polar surface area (TPSA) is 106 Å². The fraction of sp³-hybridized carbons (Fsp3) is 0.214. The van der Waals surface area contributed by atoms with Crippen LogP contribution in [0.3, 0.4) is 0 Å². The predicted molar refractivity (Wildman–Crippen MR) is 80.1 cm³/mol. The van der Waals surface area contributed by atoms with Gasteiger partial charge in [0.1, 0.15) is 11.6 Å². The van der Waals surface area contributed by atoms with Gasteiger partial charge in [-0.25, -0.2) is 21.9 Å². The summed E-state index contributed by atoms with van der Waals surface area (Å²) in [5.41, 5.74) is -0.731. The molecule has 0 amide bonds. The molecule has 2 N–H and O–H groups in total. The van der Waals surface area contributed by atoms with Crippen LogP contribution in [0.25, 0.3) is 11.3 Å². The summed E-state index contributed by atoms with van der Waals surface area (Å²) < 4.78 is 62.7. The lowest BCUT2D eigenvalue weighted by molar-refractivity contribution is -0.131. The lowest BCUT2D eigenvalue weighted by Gasteiger charge is -2.04. The van der Waals surface area contributed by atoms with E-state index in [4.69, 9.17) is 9.15 Å². The van der Waals surface area contributed by atoms with Crippen LogP contribution in [0.4, 0.5) is 14.7 Å². The van der Waals surface area contributed by atoms with Crippen LogP contribution < -0.4 is 9.46 Å². The number of rotatable bonds is 5. The maximum Gasteiger partial charge on any atom is 0.308 e. The molecule has 1 aromatic heterocycles. The van der Waals surface area contributed by atoms with Crippen LogP contribution in [0.5, 0.6) is 11.5 Å². The van der Waals surface area contributed by atoms with Gasteiger partial charge >= 0.3 is 5.97 Å². The van der Waals surface area contributed by atoms with E-state index >= 15 is 0 Å². The third-order valence-corrected chi connectivity index (χ3v) is 4.16. The van der Waals surface area contributed by atoms with Crippen LogP contribution in [0.1, 0.15) is 13.8 Å². The summed E-state index contributed by atoms with van der Waals surface area (Å²) in [4.78, 5) is 11.1. The first-order valence-corrected chi connectivity index (χ1v) is 8.30. The summed E-state index contributed by atoms with van der Waals surface area (Å²) >= 11 is 0. The van der Waals surface area contributed by atoms with E-state index < -0.39 is 56.3 Å². The summed E-state index contributed by atoms with van der Waals surface area (Å²) in [5, 5.41) is 10.1. The van der Waals surface area contributed by atoms with Crippen LogP contribution in [0.2, 0.25) is 0 Å². The number of hydrogen-bond acceptors (Lipinski definition) is 6. The van der Waals surface area contributed by atoms with Crippen LogP contribution in [-0.2, 0) is 14.8 Å². The Morgan fingerprint density at radius 1 is 1.33 bits per heavy atom. The van der Waals surface area contributed by atoms with Crippen LogP contribution in [0.15, 0.2) is 22.6 Å². The number of furan rings is 1. The number of nitrogens with one attached hydrogen (secondary N) is 1. The average Bonchev–Trinajstić information content (AvgIpc) is 2.75. The SMILES string of the molecule is CCS(=O)(=O)Nc1oc(-c2c(F)cccc2F)c(O)c1OC(C)=O. The van der Waals surface area contributed by atoms with E-state index in [-0.39, 0.29) is 5.75 Å². The van der Waals surface area contributed by atoms with Crippen molar-refractivity contribution in [2.75, 3.05) is 10.5 Å². The van der Waals surface area contributed by atoms with Crippen molar-refractivity contribution >= 4 is 21.9 Å². The number of benzene rings is 1. The van der Waals surface area contributed by atoms with Gasteiger partial charge in [0.2, 0.25) is 21.5 Å². The number of aromatic hydroxyl groups is 1. The molecular formula is C14H13F2NO6S. The molecule has 2 rings (SSSR count). The Balaban J connectivity index is 2.67. The second kappa shape index (κ2) is 6.48. The highest BCUT2D eigenvalue weighted by atomic mass is 32.2. The highest BCUT2D eigenvalue weighted by molar-refractivity contribution is 7.92. The Hall–Kier alpha value is -2.62. The molecular weight excluding hydrogens is 348 g/mol. The first-order chi connectivity index (χ1) is 11.2. The van der Waals surface area contributed by atoms with Gasteiger partial charge < -0.3 is 14.3 Å². The van der Waals surface area contributed by atoms with Crippen molar-refractivity contribution in [1.82, 2.24) is 0 Å². The van der Waals surface area contributed by atoms with Crippen molar-refractivity contribution in [2.45, 2.75) is 13.8 Å². The number of ether oxygens (including phenoxy) is 1. The predicted octanol–water partition coefficient (Wildman–Crippen LogP) is 2.62. The molecule has 0 spiro atoms. The third-order valence-electron chi connectivity index (χ3n) is 2.90. The minimum atomic E-state index is -3.87. The zero-order chi connectivity index (χ0) is 18.1. The first kappa shape index (κ1) is 17.7. The summed E-state index contributed by atoms with van der Waals surface area (Å²) in [5.74, 6) is -6.34. The van der Waals surface area contributed by atoms with Crippen molar-refractivity contribution in [2.24, 2.45) is 0 Å². The van der Waals surface area contributed by atoms with Gasteiger partial charge in [0.05, 0.1) is 11.3 Å². The molecule has 0 atom stereocenters. The van der Waals surface area contributed by atoms with Gasteiger partial charge in [-0.2, -0.15) is 0 Å². The smallest absolute Gasteiger partial charge is 0.308 e. The Bertz CT molecular complexity index is 871. The quantitative estimate of drug-likeness (QED) is 0.793. The van der Waals surface area contributed by atoms with Crippen molar-refractivity contribution in [3.8, 4) is 22.8 Å².